The summed E-state index contributed by atoms with van der Waals surface area (Å²) in [5, 5.41) is 19.4. The smallest absolute Gasteiger partial charge is 0.303 e. The first kappa shape index (κ1) is 30.0. The van der Waals surface area contributed by atoms with Crippen molar-refractivity contribution in [2.45, 2.75) is 52.4 Å². The van der Waals surface area contributed by atoms with Crippen molar-refractivity contribution in [1.29, 1.82) is 0 Å². The molecular weight excluding hydrogens is 591 g/mol. The molecule has 2 aliphatic heterocycles. The highest BCUT2D eigenvalue weighted by molar-refractivity contribution is 6.31. The van der Waals surface area contributed by atoms with Gasteiger partial charge in [0.1, 0.15) is 11.6 Å². The number of anilines is 1. The summed E-state index contributed by atoms with van der Waals surface area (Å²) in [6.07, 6.45) is 2.30. The second kappa shape index (κ2) is 10.5. The molecule has 0 aromatic heterocycles. The lowest BCUT2D eigenvalue weighted by Crippen LogP contribution is -2.49. The van der Waals surface area contributed by atoms with Gasteiger partial charge in [-0.3, -0.25) is 28.9 Å². The number of aryl methyl sites for hydroxylation is 2. The molecule has 4 aliphatic rings. The van der Waals surface area contributed by atoms with Crippen LogP contribution in [-0.2, 0) is 24.0 Å². The van der Waals surface area contributed by atoms with Gasteiger partial charge in [-0.1, -0.05) is 35.4 Å². The number of hydrogen-bond acceptors (Lipinski definition) is 6. The lowest BCUT2D eigenvalue weighted by molar-refractivity contribution is -0.142. The summed E-state index contributed by atoms with van der Waals surface area (Å²) < 4.78 is 14.0. The van der Waals surface area contributed by atoms with Crippen molar-refractivity contribution in [3.8, 4) is 5.75 Å². The van der Waals surface area contributed by atoms with E-state index in [0.717, 1.165) is 21.4 Å². The number of carboxylic acids is 1. The number of allylic oxidation sites excluding steroid dienone is 2. The minimum absolute atomic E-state index is 0.00351. The fourth-order valence-corrected chi connectivity index (χ4v) is 8.27. The summed E-state index contributed by atoms with van der Waals surface area (Å²) in [7, 11) is 0. The number of aliphatic carboxylic acids is 1. The number of amides is 4. The zero-order valence-corrected chi connectivity index (χ0v) is 25.2. The number of fused-ring (bicyclic) bond motifs is 4. The third-order valence-electron chi connectivity index (χ3n) is 10.1. The summed E-state index contributed by atoms with van der Waals surface area (Å²) >= 11 is 6.04. The molecule has 2 aliphatic carbocycles. The van der Waals surface area contributed by atoms with Gasteiger partial charge in [-0.2, -0.15) is 0 Å². The molecule has 0 spiro atoms. The lowest BCUT2D eigenvalue weighted by atomic mass is 9.51. The van der Waals surface area contributed by atoms with E-state index in [1.807, 2.05) is 6.08 Å². The van der Waals surface area contributed by atoms with E-state index in [1.54, 1.807) is 32.9 Å². The Bertz CT molecular complexity index is 1660. The highest BCUT2D eigenvalue weighted by Gasteiger charge is 2.67. The molecule has 0 radical (unpaired) electrons. The van der Waals surface area contributed by atoms with Crippen molar-refractivity contribution in [3.05, 3.63) is 69.5 Å². The van der Waals surface area contributed by atoms with Crippen molar-refractivity contribution < 1.29 is 38.6 Å². The first-order valence-electron chi connectivity index (χ1n) is 14.7. The van der Waals surface area contributed by atoms with E-state index in [2.05, 4.69) is 0 Å². The Balaban J connectivity index is 1.47. The Morgan fingerprint density at radius 1 is 1.05 bits per heavy atom. The molecule has 2 aromatic rings. The number of imide groups is 2. The summed E-state index contributed by atoms with van der Waals surface area (Å²) in [6, 6.07) is 7.26. The van der Waals surface area contributed by atoms with Crippen LogP contribution in [0.1, 0.15) is 55.2 Å². The van der Waals surface area contributed by atoms with Gasteiger partial charge in [-0.05, 0) is 80.8 Å². The number of carboxylic acid groups (broad SMARTS) is 1. The van der Waals surface area contributed by atoms with Crippen LogP contribution >= 0.6 is 11.6 Å². The van der Waals surface area contributed by atoms with Crippen LogP contribution in [0.3, 0.4) is 0 Å². The summed E-state index contributed by atoms with van der Waals surface area (Å²) in [5.41, 5.74) is 1.53. The number of carbonyl (C=O) groups excluding carboxylic acids is 4. The monoisotopic (exact) mass is 622 g/mol. The quantitative estimate of drug-likeness (QED) is 0.346. The zero-order chi connectivity index (χ0) is 31.8. The molecule has 2 N–H and O–H groups in total. The van der Waals surface area contributed by atoms with Crippen LogP contribution in [0.4, 0.5) is 10.1 Å². The number of carbonyl (C=O) groups is 5. The van der Waals surface area contributed by atoms with Gasteiger partial charge in [0.15, 0.2) is 0 Å². The molecule has 6 atom stereocenters. The summed E-state index contributed by atoms with van der Waals surface area (Å²) in [5.74, 6) is -6.76. The van der Waals surface area contributed by atoms with Crippen LogP contribution in [0, 0.1) is 48.8 Å². The summed E-state index contributed by atoms with van der Waals surface area (Å²) in [6.45, 7) is 5.24. The van der Waals surface area contributed by atoms with Crippen molar-refractivity contribution >= 4 is 46.9 Å². The molecule has 9 nitrogen and oxygen atoms in total. The molecule has 2 aromatic carbocycles. The number of aromatic hydroxyl groups is 1. The van der Waals surface area contributed by atoms with Gasteiger partial charge in [0.05, 0.1) is 33.9 Å². The SMILES string of the molecule is Cc1cc(C2C3=CCC4C(=O)N(CCCC(=O)O)C(=O)C4C3CC3C(=O)N(c4ccc(F)c(Cl)c4)C(=O)C32C)cc(C)c1O. The minimum atomic E-state index is -1.30. The number of likely N-dealkylation sites (tertiary alicyclic amines) is 1. The molecule has 230 valence electrons. The van der Waals surface area contributed by atoms with Gasteiger partial charge < -0.3 is 10.2 Å². The zero-order valence-electron chi connectivity index (χ0n) is 24.5. The normalized spacial score (nSPS) is 29.5. The van der Waals surface area contributed by atoms with Crippen LogP contribution in [0.15, 0.2) is 42.0 Å². The van der Waals surface area contributed by atoms with Crippen LogP contribution in [0.5, 0.6) is 5.75 Å². The molecule has 3 fully saturated rings. The molecule has 11 heteroatoms. The Morgan fingerprint density at radius 2 is 1.73 bits per heavy atom. The number of rotatable bonds is 6. The van der Waals surface area contributed by atoms with Crippen molar-refractivity contribution in [1.82, 2.24) is 4.90 Å². The fourth-order valence-electron chi connectivity index (χ4n) is 8.10. The topological polar surface area (TPSA) is 132 Å². The van der Waals surface area contributed by atoms with Crippen LogP contribution in [-0.4, -0.2) is 51.3 Å². The maximum Gasteiger partial charge on any atom is 0.303 e. The molecule has 0 bridgehead atoms. The van der Waals surface area contributed by atoms with E-state index in [-0.39, 0.29) is 60.5 Å². The average Bonchev–Trinajstić information content (AvgIpc) is 3.32. The predicted octanol–water partition coefficient (Wildman–Crippen LogP) is 4.90. The Labute approximate surface area is 258 Å². The first-order chi connectivity index (χ1) is 20.8. The van der Waals surface area contributed by atoms with Crippen molar-refractivity contribution in [2.75, 3.05) is 11.4 Å². The second-order valence-electron chi connectivity index (χ2n) is 12.6. The molecule has 4 amide bonds. The van der Waals surface area contributed by atoms with Crippen LogP contribution < -0.4 is 4.90 Å². The average molecular weight is 623 g/mol. The van der Waals surface area contributed by atoms with Gasteiger partial charge in [-0.15, -0.1) is 0 Å². The van der Waals surface area contributed by atoms with Gasteiger partial charge >= 0.3 is 5.97 Å². The van der Waals surface area contributed by atoms with Gasteiger partial charge in [-0.25, -0.2) is 9.29 Å². The fraction of sp³-hybridized carbons (Fsp3) is 0.424. The number of phenolic OH excluding ortho intramolecular Hbond substituents is 1. The Hall–Kier alpha value is -4.05. The predicted molar refractivity (Wildman–Crippen MR) is 157 cm³/mol. The molecule has 6 unspecified atom stereocenters. The van der Waals surface area contributed by atoms with E-state index >= 15 is 0 Å². The second-order valence-corrected chi connectivity index (χ2v) is 13.0. The van der Waals surface area contributed by atoms with E-state index in [1.165, 1.54) is 12.1 Å². The number of benzene rings is 2. The minimum Gasteiger partial charge on any atom is -0.507 e. The molecule has 6 rings (SSSR count). The largest absolute Gasteiger partial charge is 0.507 e. The highest BCUT2D eigenvalue weighted by atomic mass is 35.5. The van der Waals surface area contributed by atoms with E-state index in [0.29, 0.717) is 16.7 Å². The third kappa shape index (κ3) is 4.29. The summed E-state index contributed by atoms with van der Waals surface area (Å²) in [4.78, 5) is 69.2. The number of halogens is 2. The highest BCUT2D eigenvalue weighted by Crippen LogP contribution is 2.63. The number of phenols is 1. The molecule has 44 heavy (non-hydrogen) atoms. The molecule has 2 heterocycles. The Morgan fingerprint density at radius 3 is 2.36 bits per heavy atom. The van der Waals surface area contributed by atoms with Gasteiger partial charge in [0, 0.05) is 18.9 Å². The van der Waals surface area contributed by atoms with Crippen molar-refractivity contribution in [2.24, 2.45) is 29.1 Å². The Kier molecular flexibility index (Phi) is 7.19. The number of hydrogen-bond donors (Lipinski definition) is 2. The van der Waals surface area contributed by atoms with E-state index in [9.17, 15) is 33.5 Å². The molecular formula is C33H32ClFN2O7. The van der Waals surface area contributed by atoms with Crippen LogP contribution in [0.2, 0.25) is 5.02 Å². The van der Waals surface area contributed by atoms with Crippen molar-refractivity contribution in [3.63, 3.8) is 0 Å². The van der Waals surface area contributed by atoms with Gasteiger partial charge in [0.25, 0.3) is 0 Å². The van der Waals surface area contributed by atoms with Crippen LogP contribution in [0.25, 0.3) is 0 Å². The first-order valence-corrected chi connectivity index (χ1v) is 15.1. The standard InChI is InChI=1S/C33H32ClFN2O7/c1-15-11-17(12-16(2)28(15)40)27-19-7-8-20-26(31(43)36(29(20)41)10-4-5-25(38)39)21(19)14-22-30(42)37(32(44)33(22,27)3)18-6-9-24(35)23(34)13-18/h6-7,9,11-13,20-22,26-27,40H,4-5,8,10,14H2,1-3H3,(H,38,39). The van der Waals surface area contributed by atoms with E-state index in [4.69, 9.17) is 16.7 Å². The maximum atomic E-state index is 14.4. The maximum absolute atomic E-state index is 14.4. The number of nitrogens with zero attached hydrogens (tertiary/aromatic N) is 2. The third-order valence-corrected chi connectivity index (χ3v) is 10.4. The lowest BCUT2D eigenvalue weighted by Gasteiger charge is -2.49. The van der Waals surface area contributed by atoms with Gasteiger partial charge in [0.2, 0.25) is 23.6 Å². The molecule has 2 saturated heterocycles. The van der Waals surface area contributed by atoms with E-state index < -0.39 is 58.6 Å². The molecule has 1 saturated carbocycles.